The lowest BCUT2D eigenvalue weighted by atomic mass is 9.83. The van der Waals surface area contributed by atoms with Crippen molar-refractivity contribution in [3.05, 3.63) is 137 Å². The van der Waals surface area contributed by atoms with Gasteiger partial charge in [-0.05, 0) is 53.6 Å². The first-order chi connectivity index (χ1) is 20.5. The molecule has 1 unspecified atom stereocenters. The Bertz CT molecular complexity index is 1670. The zero-order chi connectivity index (χ0) is 29.5. The van der Waals surface area contributed by atoms with Gasteiger partial charge in [-0.15, -0.1) is 0 Å². The van der Waals surface area contributed by atoms with E-state index in [1.54, 1.807) is 61.7 Å². The molecule has 0 radical (unpaired) electrons. The summed E-state index contributed by atoms with van der Waals surface area (Å²) in [5.74, 6) is 1.21. The number of hydrogen-bond donors (Lipinski definition) is 1. The van der Waals surface area contributed by atoms with Crippen LogP contribution in [-0.4, -0.2) is 19.7 Å². The summed E-state index contributed by atoms with van der Waals surface area (Å²) >= 11 is 0. The normalized spacial score (nSPS) is 13.7. The molecule has 8 nitrogen and oxygen atoms in total. The molecule has 1 heterocycles. The molecule has 0 bridgehead atoms. The highest BCUT2D eigenvalue weighted by molar-refractivity contribution is 5.91. The number of ether oxygens (including phenoxy) is 5. The number of carbonyl (C=O) groups excluding carboxylic acids is 1. The van der Waals surface area contributed by atoms with E-state index in [1.165, 1.54) is 0 Å². The number of fused-ring (bicyclic) bond motifs is 1. The van der Waals surface area contributed by atoms with Gasteiger partial charge in [0.15, 0.2) is 11.5 Å². The van der Waals surface area contributed by atoms with Gasteiger partial charge in [0.05, 0.1) is 18.6 Å². The Morgan fingerprint density at radius 3 is 2.45 bits per heavy atom. The van der Waals surface area contributed by atoms with E-state index in [2.05, 4.69) is 12.6 Å². The van der Waals surface area contributed by atoms with Gasteiger partial charge in [-0.2, -0.15) is 5.26 Å². The van der Waals surface area contributed by atoms with E-state index in [1.807, 2.05) is 42.5 Å². The maximum Gasteiger partial charge on any atom is 0.343 e. The van der Waals surface area contributed by atoms with E-state index in [4.69, 9.17) is 29.4 Å². The highest BCUT2D eigenvalue weighted by Gasteiger charge is 2.32. The second kappa shape index (κ2) is 12.7. The van der Waals surface area contributed by atoms with E-state index >= 15 is 0 Å². The summed E-state index contributed by atoms with van der Waals surface area (Å²) in [6.45, 7) is 4.36. The first-order valence-corrected chi connectivity index (χ1v) is 13.1. The lowest BCUT2D eigenvalue weighted by Crippen LogP contribution is -2.21. The number of esters is 1. The molecule has 0 fully saturated rings. The SMILES string of the molecule is C=CCOc1ccc(C(=O)Oc2ccc3c(c2)OC(N)=C(C#N)C3c2ccc(OCc3ccccc3)c(OC)c2)cc1. The number of nitriles is 1. The van der Waals surface area contributed by atoms with Gasteiger partial charge in [0.2, 0.25) is 5.88 Å². The summed E-state index contributed by atoms with van der Waals surface area (Å²) in [6, 6.07) is 29.1. The fourth-order valence-electron chi connectivity index (χ4n) is 4.57. The average molecular weight is 561 g/mol. The molecule has 0 amide bonds. The summed E-state index contributed by atoms with van der Waals surface area (Å²) in [7, 11) is 1.56. The van der Waals surface area contributed by atoms with Crippen LogP contribution in [0.1, 0.15) is 33.0 Å². The number of methoxy groups -OCH3 is 1. The second-order valence-electron chi connectivity index (χ2n) is 9.32. The molecule has 0 saturated heterocycles. The molecule has 4 aromatic rings. The molecule has 2 N–H and O–H groups in total. The van der Waals surface area contributed by atoms with Crippen LogP contribution in [0.3, 0.4) is 0 Å². The predicted molar refractivity (Wildman–Crippen MR) is 157 cm³/mol. The number of allylic oxidation sites excluding steroid dienone is 1. The van der Waals surface area contributed by atoms with Crippen LogP contribution in [-0.2, 0) is 6.61 Å². The summed E-state index contributed by atoms with van der Waals surface area (Å²) in [5.41, 5.74) is 9.26. The third-order valence-electron chi connectivity index (χ3n) is 6.62. The number of carbonyl (C=O) groups is 1. The predicted octanol–water partition coefficient (Wildman–Crippen LogP) is 6.28. The molecule has 4 aromatic carbocycles. The third kappa shape index (κ3) is 6.06. The molecule has 0 aliphatic carbocycles. The summed E-state index contributed by atoms with van der Waals surface area (Å²) in [4.78, 5) is 12.8. The Kier molecular flexibility index (Phi) is 8.40. The highest BCUT2D eigenvalue weighted by Crippen LogP contribution is 2.45. The third-order valence-corrected chi connectivity index (χ3v) is 6.62. The molecular weight excluding hydrogens is 532 g/mol. The number of benzene rings is 4. The zero-order valence-corrected chi connectivity index (χ0v) is 22.9. The van der Waals surface area contributed by atoms with Crippen molar-refractivity contribution >= 4 is 5.97 Å². The minimum Gasteiger partial charge on any atom is -0.493 e. The topological polar surface area (TPSA) is 113 Å². The molecule has 42 heavy (non-hydrogen) atoms. The highest BCUT2D eigenvalue weighted by atomic mass is 16.5. The molecule has 0 saturated carbocycles. The van der Waals surface area contributed by atoms with Crippen molar-refractivity contribution in [1.29, 1.82) is 5.26 Å². The number of nitrogens with zero attached hydrogens (tertiary/aromatic N) is 1. The van der Waals surface area contributed by atoms with Gasteiger partial charge in [-0.1, -0.05) is 55.1 Å². The average Bonchev–Trinajstić information content (AvgIpc) is 3.02. The van der Waals surface area contributed by atoms with E-state index in [-0.39, 0.29) is 17.2 Å². The number of nitrogens with two attached hydrogens (primary N) is 1. The van der Waals surface area contributed by atoms with Crippen LogP contribution >= 0.6 is 0 Å². The molecule has 1 aliphatic heterocycles. The Hall–Kier alpha value is -5.68. The lowest BCUT2D eigenvalue weighted by Gasteiger charge is -2.27. The quantitative estimate of drug-likeness (QED) is 0.137. The lowest BCUT2D eigenvalue weighted by molar-refractivity contribution is 0.0734. The Morgan fingerprint density at radius 1 is 0.976 bits per heavy atom. The van der Waals surface area contributed by atoms with Crippen LogP contribution in [0.15, 0.2) is 115 Å². The standard InChI is InChI=1S/C34H28N2O6/c1-3-17-39-25-12-9-23(10-13-25)34(37)41-26-14-15-27-30(19-26)42-33(36)28(20-35)32(27)24-11-16-29(31(18-24)38-2)40-21-22-7-5-4-6-8-22/h3-16,18-19,32H,1,17,21,36H2,2H3. The van der Waals surface area contributed by atoms with Gasteiger partial charge >= 0.3 is 5.97 Å². The van der Waals surface area contributed by atoms with Crippen LogP contribution in [0.2, 0.25) is 0 Å². The van der Waals surface area contributed by atoms with Gasteiger partial charge < -0.3 is 29.4 Å². The largest absolute Gasteiger partial charge is 0.493 e. The van der Waals surface area contributed by atoms with Crippen molar-refractivity contribution in [3.63, 3.8) is 0 Å². The van der Waals surface area contributed by atoms with Crippen molar-refractivity contribution in [1.82, 2.24) is 0 Å². The first-order valence-electron chi connectivity index (χ1n) is 13.1. The molecular formula is C34H28N2O6. The van der Waals surface area contributed by atoms with Gasteiger partial charge in [0, 0.05) is 11.6 Å². The van der Waals surface area contributed by atoms with Crippen LogP contribution < -0.4 is 29.4 Å². The van der Waals surface area contributed by atoms with Crippen molar-refractivity contribution in [2.24, 2.45) is 5.73 Å². The van der Waals surface area contributed by atoms with E-state index in [9.17, 15) is 10.1 Å². The Balaban J connectivity index is 1.39. The van der Waals surface area contributed by atoms with Crippen LogP contribution in [0.25, 0.3) is 0 Å². The first kappa shape index (κ1) is 27.9. The minimum atomic E-state index is -0.547. The maximum absolute atomic E-state index is 12.8. The van der Waals surface area contributed by atoms with Gasteiger partial charge in [0.25, 0.3) is 0 Å². The van der Waals surface area contributed by atoms with Crippen molar-refractivity contribution in [3.8, 4) is 34.8 Å². The van der Waals surface area contributed by atoms with E-state index in [0.717, 1.165) is 11.1 Å². The van der Waals surface area contributed by atoms with Crippen LogP contribution in [0.4, 0.5) is 0 Å². The summed E-state index contributed by atoms with van der Waals surface area (Å²) in [5, 5.41) is 9.97. The van der Waals surface area contributed by atoms with Gasteiger partial charge in [0.1, 0.15) is 42.1 Å². The van der Waals surface area contributed by atoms with Crippen LogP contribution in [0, 0.1) is 11.3 Å². The maximum atomic E-state index is 12.8. The molecule has 0 spiro atoms. The minimum absolute atomic E-state index is 0.0306. The fraction of sp³-hybridized carbons (Fsp3) is 0.118. The molecule has 5 rings (SSSR count). The smallest absolute Gasteiger partial charge is 0.343 e. The molecule has 1 atom stereocenters. The fourth-order valence-corrected chi connectivity index (χ4v) is 4.57. The monoisotopic (exact) mass is 560 g/mol. The van der Waals surface area contributed by atoms with E-state index < -0.39 is 11.9 Å². The molecule has 8 heteroatoms. The second-order valence-corrected chi connectivity index (χ2v) is 9.32. The number of hydrogen-bond acceptors (Lipinski definition) is 8. The van der Waals surface area contributed by atoms with Gasteiger partial charge in [-0.25, -0.2) is 4.79 Å². The van der Waals surface area contributed by atoms with Crippen molar-refractivity contribution in [2.45, 2.75) is 12.5 Å². The van der Waals surface area contributed by atoms with E-state index in [0.29, 0.717) is 47.3 Å². The summed E-state index contributed by atoms with van der Waals surface area (Å²) in [6.07, 6.45) is 1.64. The van der Waals surface area contributed by atoms with Crippen molar-refractivity contribution < 1.29 is 28.5 Å². The molecule has 210 valence electrons. The molecule has 1 aliphatic rings. The molecule has 0 aromatic heterocycles. The van der Waals surface area contributed by atoms with Crippen molar-refractivity contribution in [2.75, 3.05) is 13.7 Å². The number of rotatable bonds is 10. The Labute approximate surface area is 243 Å². The zero-order valence-electron chi connectivity index (χ0n) is 22.9. The summed E-state index contributed by atoms with van der Waals surface area (Å²) < 4.78 is 28.5. The van der Waals surface area contributed by atoms with Gasteiger partial charge in [-0.3, -0.25) is 0 Å². The Morgan fingerprint density at radius 2 is 1.74 bits per heavy atom. The van der Waals surface area contributed by atoms with Crippen LogP contribution in [0.5, 0.6) is 28.7 Å².